The Morgan fingerprint density at radius 1 is 1.16 bits per heavy atom. The van der Waals surface area contributed by atoms with Crippen LogP contribution in [0.3, 0.4) is 0 Å². The van der Waals surface area contributed by atoms with Crippen molar-refractivity contribution in [2.75, 3.05) is 4.90 Å². The maximum Gasteiger partial charge on any atom is 0.240 e. The van der Waals surface area contributed by atoms with E-state index >= 15 is 0 Å². The van der Waals surface area contributed by atoms with Gasteiger partial charge in [-0.1, -0.05) is 11.6 Å². The molecule has 0 radical (unpaired) electrons. The number of ether oxygens (including phenoxy) is 1. The van der Waals surface area contributed by atoms with Crippen molar-refractivity contribution in [1.29, 1.82) is 0 Å². The lowest BCUT2D eigenvalue weighted by atomic mass is 9.69. The number of benzene rings is 1. The Morgan fingerprint density at radius 3 is 2.36 bits per heavy atom. The van der Waals surface area contributed by atoms with Gasteiger partial charge >= 0.3 is 0 Å². The first kappa shape index (κ1) is 15.8. The number of hydrogen-bond acceptors (Lipinski definition) is 4. The van der Waals surface area contributed by atoms with E-state index in [0.717, 1.165) is 27.8 Å². The quantitative estimate of drug-likeness (QED) is 0.698. The molecule has 3 aliphatic heterocycles. The van der Waals surface area contributed by atoms with Gasteiger partial charge in [-0.25, -0.2) is 4.90 Å². The number of carbonyl (C=O) groups excluding carboxylic acids is 2. The molecule has 1 aromatic carbocycles. The van der Waals surface area contributed by atoms with E-state index in [-0.39, 0.29) is 23.7 Å². The summed E-state index contributed by atoms with van der Waals surface area (Å²) in [4.78, 5) is 29.0. The minimum atomic E-state index is -0.531. The first-order valence-corrected chi connectivity index (χ1v) is 9.71. The largest absolute Gasteiger partial charge is 0.367 e. The van der Waals surface area contributed by atoms with Crippen molar-refractivity contribution in [1.82, 2.24) is 0 Å². The maximum atomic E-state index is 13.3. The van der Waals surface area contributed by atoms with E-state index in [1.807, 2.05) is 26.8 Å². The second kappa shape index (κ2) is 4.64. The van der Waals surface area contributed by atoms with E-state index in [0.29, 0.717) is 10.7 Å². The fourth-order valence-corrected chi connectivity index (χ4v) is 6.32. The van der Waals surface area contributed by atoms with Crippen LogP contribution in [0.25, 0.3) is 10.1 Å². The summed E-state index contributed by atoms with van der Waals surface area (Å²) < 4.78 is 7.08. The summed E-state index contributed by atoms with van der Waals surface area (Å²) in [7, 11) is 0. The van der Waals surface area contributed by atoms with Crippen LogP contribution in [0.2, 0.25) is 5.02 Å². The number of amides is 2. The number of carbonyl (C=O) groups is 2. The SMILES string of the molecule is Cc1cc2c(N3C(=O)[C@@H]4[C@H](C3=O)[C@@]3(C)CCC4(C)O3)ccc(Cl)c2s1. The van der Waals surface area contributed by atoms with Crippen LogP contribution in [0.5, 0.6) is 0 Å². The third-order valence-electron chi connectivity index (χ3n) is 6.18. The lowest BCUT2D eigenvalue weighted by Crippen LogP contribution is -2.40. The predicted molar refractivity (Wildman–Crippen MR) is 98.2 cm³/mol. The first-order valence-electron chi connectivity index (χ1n) is 8.52. The molecule has 0 N–H and O–H groups in total. The Bertz CT molecular complexity index is 935. The Morgan fingerprint density at radius 2 is 1.76 bits per heavy atom. The molecular formula is C19H18ClNO3S. The average Bonchev–Trinajstić information content (AvgIpc) is 3.21. The topological polar surface area (TPSA) is 46.6 Å². The molecule has 6 heteroatoms. The van der Waals surface area contributed by atoms with Crippen LogP contribution in [-0.4, -0.2) is 23.0 Å². The van der Waals surface area contributed by atoms with E-state index < -0.39 is 11.2 Å². The molecule has 130 valence electrons. The molecule has 2 aromatic rings. The van der Waals surface area contributed by atoms with Crippen LogP contribution in [0.4, 0.5) is 5.69 Å². The van der Waals surface area contributed by atoms with Crippen LogP contribution >= 0.6 is 22.9 Å². The van der Waals surface area contributed by atoms with E-state index in [9.17, 15) is 9.59 Å². The second-order valence-corrected chi connectivity index (χ2v) is 9.52. The number of nitrogens with zero attached hydrogens (tertiary/aromatic N) is 1. The molecular weight excluding hydrogens is 358 g/mol. The van der Waals surface area contributed by atoms with Crippen LogP contribution in [0.1, 0.15) is 31.6 Å². The van der Waals surface area contributed by atoms with Crippen molar-refractivity contribution in [3.8, 4) is 0 Å². The van der Waals surface area contributed by atoms with Gasteiger partial charge in [0.1, 0.15) is 0 Å². The molecule has 4 heterocycles. The van der Waals surface area contributed by atoms with Gasteiger partial charge in [0.05, 0.1) is 38.4 Å². The van der Waals surface area contributed by atoms with Gasteiger partial charge in [-0.05, 0) is 51.8 Å². The molecule has 3 saturated heterocycles. The van der Waals surface area contributed by atoms with Gasteiger partial charge in [0.2, 0.25) is 11.8 Å². The Labute approximate surface area is 154 Å². The van der Waals surface area contributed by atoms with Crippen LogP contribution in [0, 0.1) is 18.8 Å². The van der Waals surface area contributed by atoms with Gasteiger partial charge in [-0.2, -0.15) is 0 Å². The van der Waals surface area contributed by atoms with Crippen molar-refractivity contribution in [3.63, 3.8) is 0 Å². The van der Waals surface area contributed by atoms with Crippen molar-refractivity contribution < 1.29 is 14.3 Å². The maximum absolute atomic E-state index is 13.3. The predicted octanol–water partition coefficient (Wildman–Crippen LogP) is 4.31. The van der Waals surface area contributed by atoms with Gasteiger partial charge in [0.15, 0.2) is 0 Å². The summed E-state index contributed by atoms with van der Waals surface area (Å²) in [5, 5.41) is 1.53. The molecule has 4 atom stereocenters. The Kier molecular flexibility index (Phi) is 2.93. The summed E-state index contributed by atoms with van der Waals surface area (Å²) in [6.45, 7) is 5.96. The highest BCUT2D eigenvalue weighted by molar-refractivity contribution is 7.19. The monoisotopic (exact) mass is 375 g/mol. The number of aryl methyl sites for hydroxylation is 1. The van der Waals surface area contributed by atoms with E-state index in [1.165, 1.54) is 4.90 Å². The zero-order valence-corrected chi connectivity index (χ0v) is 15.8. The number of rotatable bonds is 1. The molecule has 25 heavy (non-hydrogen) atoms. The molecule has 0 spiro atoms. The molecule has 2 amide bonds. The fourth-order valence-electron chi connectivity index (χ4n) is 5.10. The minimum Gasteiger partial charge on any atom is -0.367 e. The number of halogens is 1. The standard InChI is InChI=1S/C19H18ClNO3S/c1-9-8-10-12(5-4-11(20)15(10)25-9)21-16(22)13-14(17(21)23)19(3)7-6-18(13,2)24-19/h4-5,8,13-14H,6-7H2,1-3H3/t13-,14+,18-,19?/m1/s1. The molecule has 1 unspecified atom stereocenters. The Hall–Kier alpha value is -1.43. The van der Waals surface area contributed by atoms with E-state index in [4.69, 9.17) is 16.3 Å². The van der Waals surface area contributed by atoms with Crippen molar-refractivity contribution in [2.45, 2.75) is 44.8 Å². The molecule has 0 saturated carbocycles. The third kappa shape index (κ3) is 1.81. The summed E-state index contributed by atoms with van der Waals surface area (Å²) in [6.07, 6.45) is 1.65. The molecule has 5 rings (SSSR count). The molecule has 2 bridgehead atoms. The molecule has 4 nitrogen and oxygen atoms in total. The Balaban J connectivity index is 1.69. The lowest BCUT2D eigenvalue weighted by Gasteiger charge is -2.27. The molecule has 0 aliphatic carbocycles. The van der Waals surface area contributed by atoms with Crippen LogP contribution < -0.4 is 4.90 Å². The minimum absolute atomic E-state index is 0.131. The number of fused-ring (bicyclic) bond motifs is 6. The van der Waals surface area contributed by atoms with Crippen molar-refractivity contribution >= 4 is 50.5 Å². The van der Waals surface area contributed by atoms with Gasteiger partial charge in [-0.3, -0.25) is 9.59 Å². The first-order chi connectivity index (χ1) is 11.8. The normalized spacial score (nSPS) is 36.7. The number of hydrogen-bond donors (Lipinski definition) is 0. The van der Waals surface area contributed by atoms with Gasteiger partial charge in [-0.15, -0.1) is 11.3 Å². The number of anilines is 1. The summed E-state index contributed by atoms with van der Waals surface area (Å²) in [5.74, 6) is -1.03. The van der Waals surface area contributed by atoms with E-state index in [1.54, 1.807) is 23.5 Å². The fraction of sp³-hybridized carbons (Fsp3) is 0.474. The summed E-state index contributed by atoms with van der Waals surface area (Å²) in [6, 6.07) is 5.57. The number of thiophene rings is 1. The van der Waals surface area contributed by atoms with Gasteiger partial charge < -0.3 is 4.74 Å². The summed E-state index contributed by atoms with van der Waals surface area (Å²) >= 11 is 7.90. The highest BCUT2D eigenvalue weighted by Crippen LogP contribution is 2.61. The van der Waals surface area contributed by atoms with E-state index in [2.05, 4.69) is 0 Å². The van der Waals surface area contributed by atoms with Gasteiger partial charge in [0, 0.05) is 10.3 Å². The van der Waals surface area contributed by atoms with Crippen molar-refractivity contribution in [3.05, 3.63) is 28.1 Å². The second-order valence-electron chi connectivity index (χ2n) is 7.86. The lowest BCUT2D eigenvalue weighted by molar-refractivity contribution is -0.129. The molecule has 3 fully saturated rings. The summed E-state index contributed by atoms with van der Waals surface area (Å²) in [5.41, 5.74) is -0.409. The highest BCUT2D eigenvalue weighted by Gasteiger charge is 2.72. The highest BCUT2D eigenvalue weighted by atomic mass is 35.5. The number of imide groups is 1. The van der Waals surface area contributed by atoms with Crippen LogP contribution in [0.15, 0.2) is 18.2 Å². The molecule has 3 aliphatic rings. The molecule has 1 aromatic heterocycles. The zero-order chi connectivity index (χ0) is 17.7. The average molecular weight is 376 g/mol. The third-order valence-corrected chi connectivity index (χ3v) is 7.69. The van der Waals surface area contributed by atoms with Gasteiger partial charge in [0.25, 0.3) is 0 Å². The zero-order valence-electron chi connectivity index (χ0n) is 14.3. The van der Waals surface area contributed by atoms with Crippen LogP contribution in [-0.2, 0) is 14.3 Å². The van der Waals surface area contributed by atoms with Crippen molar-refractivity contribution in [2.24, 2.45) is 11.8 Å². The smallest absolute Gasteiger partial charge is 0.240 e.